The zero-order chi connectivity index (χ0) is 31.9. The molecule has 232 valence electrons. The number of hydrogen-bond donors (Lipinski definition) is 3. The minimum Gasteiger partial charge on any atom is -0.358 e. The highest BCUT2D eigenvalue weighted by atomic mass is 19.1. The van der Waals surface area contributed by atoms with E-state index in [1.807, 2.05) is 51.5 Å². The quantitative estimate of drug-likeness (QED) is 0.111. The lowest BCUT2D eigenvalue weighted by molar-refractivity contribution is 0.400. The second kappa shape index (κ2) is 14.3. The second-order valence-corrected chi connectivity index (χ2v) is 11.6. The Labute approximate surface area is 264 Å². The van der Waals surface area contributed by atoms with E-state index in [9.17, 15) is 4.39 Å². The van der Waals surface area contributed by atoms with Crippen molar-refractivity contribution in [1.29, 1.82) is 0 Å². The number of nitrogens with zero attached hydrogens (tertiary/aromatic N) is 5. The number of aromatic amines is 2. The molecule has 0 fully saturated rings. The number of halogens is 1. The number of hydrogen-bond acceptors (Lipinski definition) is 6. The Morgan fingerprint density at radius 1 is 1.07 bits per heavy atom. The van der Waals surface area contributed by atoms with Crippen LogP contribution in [0.4, 0.5) is 10.1 Å². The lowest BCUT2D eigenvalue weighted by Gasteiger charge is -2.11. The van der Waals surface area contributed by atoms with Crippen molar-refractivity contribution in [2.45, 2.75) is 46.0 Å². The Morgan fingerprint density at radius 2 is 1.89 bits per heavy atom. The summed E-state index contributed by atoms with van der Waals surface area (Å²) in [6, 6.07) is 9.29. The van der Waals surface area contributed by atoms with Crippen LogP contribution in [0, 0.1) is 12.7 Å². The predicted molar refractivity (Wildman–Crippen MR) is 182 cm³/mol. The van der Waals surface area contributed by atoms with Crippen LogP contribution in [-0.4, -0.2) is 55.7 Å². The van der Waals surface area contributed by atoms with E-state index in [0.717, 1.165) is 88.9 Å². The van der Waals surface area contributed by atoms with Gasteiger partial charge in [-0.2, -0.15) is 5.10 Å². The average molecular weight is 605 g/mol. The van der Waals surface area contributed by atoms with Gasteiger partial charge in [-0.3, -0.25) is 10.1 Å². The predicted octanol–water partition coefficient (Wildman–Crippen LogP) is 8.09. The maximum absolute atomic E-state index is 14.8. The molecule has 0 unspecified atom stereocenters. The number of aromatic nitrogens is 6. The largest absolute Gasteiger partial charge is 0.358 e. The van der Waals surface area contributed by atoms with Gasteiger partial charge in [-0.15, -0.1) is 0 Å². The summed E-state index contributed by atoms with van der Waals surface area (Å²) in [6.45, 7) is 13.1. The number of allylic oxidation sites excluding steroid dienone is 3. The highest BCUT2D eigenvalue weighted by Crippen LogP contribution is 2.32. The fourth-order valence-corrected chi connectivity index (χ4v) is 5.38. The number of benzene rings is 1. The van der Waals surface area contributed by atoms with Crippen molar-refractivity contribution >= 4 is 22.3 Å². The Hall–Kier alpha value is -4.89. The van der Waals surface area contributed by atoms with Gasteiger partial charge in [0.1, 0.15) is 11.5 Å². The van der Waals surface area contributed by atoms with Crippen LogP contribution >= 0.6 is 0 Å². The van der Waals surface area contributed by atoms with Crippen molar-refractivity contribution in [1.82, 2.24) is 35.0 Å². The lowest BCUT2D eigenvalue weighted by Crippen LogP contribution is -2.13. The molecule has 0 aliphatic carbocycles. The Morgan fingerprint density at radius 3 is 2.67 bits per heavy atom. The number of aryl methyl sites for hydroxylation is 2. The smallest absolute Gasteiger partial charge is 0.181 e. The van der Waals surface area contributed by atoms with Crippen LogP contribution in [-0.2, 0) is 6.42 Å². The van der Waals surface area contributed by atoms with Gasteiger partial charge in [-0.1, -0.05) is 44.7 Å². The maximum Gasteiger partial charge on any atom is 0.181 e. The molecule has 0 saturated heterocycles. The molecule has 0 aliphatic heterocycles. The van der Waals surface area contributed by atoms with Gasteiger partial charge in [0.05, 0.1) is 23.0 Å². The molecule has 3 N–H and O–H groups in total. The van der Waals surface area contributed by atoms with Crippen molar-refractivity contribution in [2.24, 2.45) is 0 Å². The average Bonchev–Trinajstić information content (AvgIpc) is 3.61. The normalized spacial score (nSPS) is 11.8. The number of pyridine rings is 2. The molecule has 0 saturated carbocycles. The summed E-state index contributed by atoms with van der Waals surface area (Å²) in [7, 11) is 4.08. The van der Waals surface area contributed by atoms with Crippen LogP contribution in [0.5, 0.6) is 0 Å². The topological polar surface area (TPSA) is 98.4 Å². The van der Waals surface area contributed by atoms with Crippen molar-refractivity contribution in [2.75, 3.05) is 26.0 Å². The van der Waals surface area contributed by atoms with E-state index in [2.05, 4.69) is 55.4 Å². The van der Waals surface area contributed by atoms with Crippen LogP contribution in [0.3, 0.4) is 0 Å². The molecule has 8 nitrogen and oxygen atoms in total. The van der Waals surface area contributed by atoms with Crippen molar-refractivity contribution in [3.05, 3.63) is 108 Å². The fourth-order valence-electron chi connectivity index (χ4n) is 5.38. The first-order chi connectivity index (χ1) is 21.7. The molecular weight excluding hydrogens is 563 g/mol. The molecule has 0 atom stereocenters. The van der Waals surface area contributed by atoms with Gasteiger partial charge in [0, 0.05) is 40.5 Å². The monoisotopic (exact) mass is 604 g/mol. The SMILES string of the molecule is C=C/C=C(/c1cc(F)cc(CCCN(C)C)c1)c1nc(-c2[nH]nc3ncc(-c4cncc(NC(=C)CCCC)c4)cc23)[nH]c1C. The summed E-state index contributed by atoms with van der Waals surface area (Å²) < 4.78 is 14.8. The molecule has 4 aromatic heterocycles. The van der Waals surface area contributed by atoms with E-state index in [1.54, 1.807) is 30.6 Å². The van der Waals surface area contributed by atoms with Gasteiger partial charge in [0.15, 0.2) is 11.5 Å². The van der Waals surface area contributed by atoms with E-state index in [0.29, 0.717) is 22.9 Å². The zero-order valence-electron chi connectivity index (χ0n) is 26.5. The maximum atomic E-state index is 14.8. The number of imidazole rings is 1. The van der Waals surface area contributed by atoms with Crippen LogP contribution in [0.1, 0.15) is 55.1 Å². The number of nitrogens with one attached hydrogen (secondary N) is 3. The summed E-state index contributed by atoms with van der Waals surface area (Å²) in [5.74, 6) is 0.343. The van der Waals surface area contributed by atoms with Crippen LogP contribution < -0.4 is 5.32 Å². The van der Waals surface area contributed by atoms with Gasteiger partial charge in [-0.25, -0.2) is 14.4 Å². The fraction of sp³-hybridized carbons (Fsp3) is 0.278. The molecule has 5 rings (SSSR count). The highest BCUT2D eigenvalue weighted by molar-refractivity contribution is 5.92. The summed E-state index contributed by atoms with van der Waals surface area (Å²) in [6.07, 6.45) is 13.8. The van der Waals surface area contributed by atoms with Crippen molar-refractivity contribution in [3.8, 4) is 22.6 Å². The second-order valence-electron chi connectivity index (χ2n) is 11.6. The summed E-state index contributed by atoms with van der Waals surface area (Å²) in [5, 5.41) is 11.7. The van der Waals surface area contributed by atoms with Gasteiger partial charge >= 0.3 is 0 Å². The first-order valence-electron chi connectivity index (χ1n) is 15.3. The number of rotatable bonds is 14. The molecule has 45 heavy (non-hydrogen) atoms. The van der Waals surface area contributed by atoms with E-state index in [-0.39, 0.29) is 5.82 Å². The Bertz CT molecular complexity index is 1850. The third-order valence-corrected chi connectivity index (χ3v) is 7.63. The molecule has 9 heteroatoms. The number of anilines is 1. The molecule has 0 aliphatic rings. The number of fused-ring (bicyclic) bond motifs is 1. The zero-order valence-corrected chi connectivity index (χ0v) is 26.5. The van der Waals surface area contributed by atoms with Crippen LogP contribution in [0.2, 0.25) is 0 Å². The first kappa shape index (κ1) is 31.5. The van der Waals surface area contributed by atoms with Crippen LogP contribution in [0.15, 0.2) is 79.9 Å². The molecular formula is C36H41FN8. The first-order valence-corrected chi connectivity index (χ1v) is 15.3. The van der Waals surface area contributed by atoms with E-state index in [1.165, 1.54) is 0 Å². The van der Waals surface area contributed by atoms with Gasteiger partial charge in [0.2, 0.25) is 0 Å². The van der Waals surface area contributed by atoms with E-state index >= 15 is 0 Å². The Balaban J connectivity index is 1.46. The molecule has 0 bridgehead atoms. The third-order valence-electron chi connectivity index (χ3n) is 7.63. The van der Waals surface area contributed by atoms with Crippen molar-refractivity contribution < 1.29 is 4.39 Å². The highest BCUT2D eigenvalue weighted by Gasteiger charge is 2.19. The number of H-pyrrole nitrogens is 2. The molecule has 1 aromatic carbocycles. The summed E-state index contributed by atoms with van der Waals surface area (Å²) in [5.41, 5.74) is 9.02. The van der Waals surface area contributed by atoms with Gasteiger partial charge in [0.25, 0.3) is 0 Å². The molecule has 0 amide bonds. The molecule has 4 heterocycles. The van der Waals surface area contributed by atoms with Gasteiger partial charge in [-0.05, 0) is 88.6 Å². The number of unbranched alkanes of at least 4 members (excludes halogenated alkanes) is 1. The molecule has 5 aromatic rings. The Kier molecular flexibility index (Phi) is 9.99. The molecule has 0 spiro atoms. The third kappa shape index (κ3) is 7.61. The standard InChI is InChI=1S/C36H41FN8/c1-7-9-12-23(3)40-30-18-27(20-38-22-30)28-19-32-34(43-44-35(32)39-21-28)36-41-24(4)33(42-36)31(11-8-2)26-15-25(16-29(37)17-26)13-10-14-45(5)6/h8,11,15-22,40H,2-3,7,9-10,12-14H2,1,4-6H3,(H,41,42)(H,39,43,44)/b31-11-. The van der Waals surface area contributed by atoms with Crippen molar-refractivity contribution in [3.63, 3.8) is 0 Å². The minimum atomic E-state index is -0.270. The minimum absolute atomic E-state index is 0.270. The van der Waals surface area contributed by atoms with E-state index < -0.39 is 0 Å². The molecule has 0 radical (unpaired) electrons. The van der Waals surface area contributed by atoms with Gasteiger partial charge < -0.3 is 15.2 Å². The van der Waals surface area contributed by atoms with E-state index in [4.69, 9.17) is 4.98 Å². The lowest BCUT2D eigenvalue weighted by atomic mass is 9.97. The summed E-state index contributed by atoms with van der Waals surface area (Å²) in [4.78, 5) is 19.6. The summed E-state index contributed by atoms with van der Waals surface area (Å²) >= 11 is 0. The van der Waals surface area contributed by atoms with Crippen LogP contribution in [0.25, 0.3) is 39.3 Å².